The van der Waals surface area contributed by atoms with E-state index in [0.29, 0.717) is 0 Å². The summed E-state index contributed by atoms with van der Waals surface area (Å²) in [6.07, 6.45) is 4.09. The van der Waals surface area contributed by atoms with Gasteiger partial charge in [0.25, 0.3) is 0 Å². The maximum Gasteiger partial charge on any atom is 0.128 e. The van der Waals surface area contributed by atoms with Gasteiger partial charge in [-0.15, -0.1) is 11.3 Å². The molecule has 3 aromatic rings. The molecule has 0 radical (unpaired) electrons. The van der Waals surface area contributed by atoms with Gasteiger partial charge < -0.3 is 9.64 Å². The van der Waals surface area contributed by atoms with Crippen molar-refractivity contribution in [1.82, 2.24) is 4.98 Å². The van der Waals surface area contributed by atoms with E-state index in [-0.39, 0.29) is 0 Å². The number of hydrogen-bond acceptors (Lipinski definition) is 4. The lowest BCUT2D eigenvalue weighted by Crippen LogP contribution is -2.24. The van der Waals surface area contributed by atoms with Gasteiger partial charge in [-0.2, -0.15) is 0 Å². The molecule has 1 aromatic carbocycles. The number of methoxy groups -OCH3 is 1. The summed E-state index contributed by atoms with van der Waals surface area (Å²) in [4.78, 5) is 8.16. The molecule has 3 heterocycles. The van der Waals surface area contributed by atoms with E-state index >= 15 is 0 Å². The van der Waals surface area contributed by atoms with Crippen molar-refractivity contribution in [2.75, 3.05) is 25.6 Å². The van der Waals surface area contributed by atoms with Crippen molar-refractivity contribution in [3.8, 4) is 5.75 Å². The zero-order valence-electron chi connectivity index (χ0n) is 12.5. The van der Waals surface area contributed by atoms with Crippen LogP contribution in [-0.2, 0) is 0 Å². The van der Waals surface area contributed by atoms with Crippen LogP contribution in [0.1, 0.15) is 10.4 Å². The summed E-state index contributed by atoms with van der Waals surface area (Å²) in [6, 6.07) is 10.4. The van der Waals surface area contributed by atoms with Crippen LogP contribution in [0.4, 0.5) is 5.69 Å². The summed E-state index contributed by atoms with van der Waals surface area (Å²) in [5, 5.41) is 3.23. The second-order valence-corrected chi connectivity index (χ2v) is 6.37. The molecule has 2 aromatic heterocycles. The first kappa shape index (κ1) is 13.3. The van der Waals surface area contributed by atoms with Crippen LogP contribution in [-0.4, -0.2) is 25.7 Å². The number of benzene rings is 1. The van der Waals surface area contributed by atoms with Crippen molar-refractivity contribution in [3.05, 3.63) is 52.3 Å². The molecule has 0 atom stereocenters. The monoisotopic (exact) mass is 308 g/mol. The Morgan fingerprint density at radius 1 is 1.27 bits per heavy atom. The number of pyridine rings is 1. The molecule has 22 heavy (non-hydrogen) atoms. The summed E-state index contributed by atoms with van der Waals surface area (Å²) in [5.41, 5.74) is 4.61. The van der Waals surface area contributed by atoms with Crippen LogP contribution < -0.4 is 9.64 Å². The minimum atomic E-state index is 0.881. The molecule has 1 aliphatic heterocycles. The van der Waals surface area contributed by atoms with Crippen LogP contribution in [0.15, 0.2) is 41.9 Å². The summed E-state index contributed by atoms with van der Waals surface area (Å²) in [7, 11) is 3.85. The van der Waals surface area contributed by atoms with E-state index in [9.17, 15) is 0 Å². The summed E-state index contributed by atoms with van der Waals surface area (Å²) < 4.78 is 5.64. The molecular formula is C18H16N2OS. The van der Waals surface area contributed by atoms with E-state index in [4.69, 9.17) is 4.74 Å². The largest absolute Gasteiger partial charge is 0.496 e. The Balaban J connectivity index is 2.01. The van der Waals surface area contributed by atoms with Gasteiger partial charge in [-0.3, -0.25) is 4.98 Å². The normalized spacial score (nSPS) is 13.9. The minimum Gasteiger partial charge on any atom is -0.496 e. The third kappa shape index (κ3) is 1.99. The fraction of sp³-hybridized carbons (Fsp3) is 0.167. The number of ether oxygens (including phenoxy) is 1. The van der Waals surface area contributed by atoms with Gasteiger partial charge in [0, 0.05) is 35.6 Å². The Bertz CT molecular complexity index is 868. The number of nitrogens with zero attached hydrogens (tertiary/aromatic N) is 2. The predicted molar refractivity (Wildman–Crippen MR) is 93.8 cm³/mol. The number of thiophene rings is 1. The average molecular weight is 308 g/mol. The smallest absolute Gasteiger partial charge is 0.128 e. The van der Waals surface area contributed by atoms with Crippen LogP contribution in [0.25, 0.3) is 22.6 Å². The SMILES string of the molecule is COc1cc2cccnc2c2c1C=C(c1cccs1)CN2C. The van der Waals surface area contributed by atoms with Gasteiger partial charge in [0.05, 0.1) is 18.3 Å². The second-order valence-electron chi connectivity index (χ2n) is 5.42. The zero-order chi connectivity index (χ0) is 15.1. The van der Waals surface area contributed by atoms with Gasteiger partial charge in [-0.1, -0.05) is 12.1 Å². The molecule has 0 bridgehead atoms. The van der Waals surface area contributed by atoms with Crippen molar-refractivity contribution in [1.29, 1.82) is 0 Å². The van der Waals surface area contributed by atoms with Crippen molar-refractivity contribution in [2.24, 2.45) is 0 Å². The molecule has 110 valence electrons. The fourth-order valence-corrected chi connectivity index (χ4v) is 3.79. The molecule has 0 unspecified atom stereocenters. The molecule has 4 heteroatoms. The lowest BCUT2D eigenvalue weighted by molar-refractivity contribution is 0.414. The fourth-order valence-electron chi connectivity index (χ4n) is 3.05. The van der Waals surface area contributed by atoms with Gasteiger partial charge in [0.15, 0.2) is 0 Å². The molecule has 0 spiro atoms. The first-order valence-electron chi connectivity index (χ1n) is 7.19. The highest BCUT2D eigenvalue weighted by Crippen LogP contribution is 2.42. The highest BCUT2D eigenvalue weighted by Gasteiger charge is 2.23. The van der Waals surface area contributed by atoms with Crippen LogP contribution in [0.5, 0.6) is 5.75 Å². The maximum atomic E-state index is 5.64. The maximum absolute atomic E-state index is 5.64. The van der Waals surface area contributed by atoms with E-state index in [1.54, 1.807) is 18.4 Å². The standard InChI is InChI=1S/C18H16N2OS/c1-20-11-13(16-6-4-8-22-16)9-14-15(21-2)10-12-5-3-7-19-17(12)18(14)20/h3-10H,11H2,1-2H3. The van der Waals surface area contributed by atoms with Gasteiger partial charge in [0.1, 0.15) is 5.75 Å². The Morgan fingerprint density at radius 3 is 2.95 bits per heavy atom. The van der Waals surface area contributed by atoms with Crippen molar-refractivity contribution < 1.29 is 4.74 Å². The third-order valence-electron chi connectivity index (χ3n) is 4.04. The molecule has 1 aliphatic rings. The Kier molecular flexibility index (Phi) is 3.12. The lowest BCUT2D eigenvalue weighted by atomic mass is 9.98. The highest BCUT2D eigenvalue weighted by molar-refractivity contribution is 7.11. The minimum absolute atomic E-state index is 0.881. The Morgan fingerprint density at radius 2 is 2.18 bits per heavy atom. The van der Waals surface area contributed by atoms with Gasteiger partial charge in [-0.05, 0) is 35.2 Å². The van der Waals surface area contributed by atoms with E-state index in [2.05, 4.69) is 52.7 Å². The third-order valence-corrected chi connectivity index (χ3v) is 4.98. The summed E-state index contributed by atoms with van der Waals surface area (Å²) >= 11 is 1.77. The summed E-state index contributed by atoms with van der Waals surface area (Å²) in [6.45, 7) is 0.881. The highest BCUT2D eigenvalue weighted by atomic mass is 32.1. The number of likely N-dealkylation sites (N-methyl/N-ethyl adjacent to an activating group) is 1. The van der Waals surface area contributed by atoms with Crippen LogP contribution >= 0.6 is 11.3 Å². The second kappa shape index (κ2) is 5.14. The topological polar surface area (TPSA) is 25.4 Å². The Labute approximate surface area is 133 Å². The first-order valence-corrected chi connectivity index (χ1v) is 8.07. The molecule has 0 amide bonds. The van der Waals surface area contributed by atoms with E-state index in [1.165, 1.54) is 10.5 Å². The van der Waals surface area contributed by atoms with E-state index in [1.807, 2.05) is 12.3 Å². The van der Waals surface area contributed by atoms with Gasteiger partial charge in [0.2, 0.25) is 0 Å². The van der Waals surface area contributed by atoms with Crippen LogP contribution in [0.2, 0.25) is 0 Å². The van der Waals surface area contributed by atoms with Gasteiger partial charge >= 0.3 is 0 Å². The molecule has 0 aliphatic carbocycles. The quantitative estimate of drug-likeness (QED) is 0.706. The molecule has 3 nitrogen and oxygen atoms in total. The van der Waals surface area contributed by atoms with Crippen molar-refractivity contribution in [2.45, 2.75) is 0 Å². The molecule has 4 rings (SSSR count). The molecule has 0 saturated heterocycles. The number of aromatic nitrogens is 1. The molecule has 0 saturated carbocycles. The number of rotatable bonds is 2. The van der Waals surface area contributed by atoms with Crippen LogP contribution in [0.3, 0.4) is 0 Å². The zero-order valence-corrected chi connectivity index (χ0v) is 13.4. The first-order chi connectivity index (χ1) is 10.8. The molecule has 0 fully saturated rings. The number of anilines is 1. The van der Waals surface area contributed by atoms with E-state index < -0.39 is 0 Å². The van der Waals surface area contributed by atoms with Gasteiger partial charge in [-0.25, -0.2) is 0 Å². The summed E-state index contributed by atoms with van der Waals surface area (Å²) in [5.74, 6) is 0.899. The lowest BCUT2D eigenvalue weighted by Gasteiger charge is -2.29. The number of hydrogen-bond donors (Lipinski definition) is 0. The average Bonchev–Trinajstić information content (AvgIpc) is 3.08. The molecule has 0 N–H and O–H groups in total. The van der Waals surface area contributed by atoms with Crippen LogP contribution in [0, 0.1) is 0 Å². The number of fused-ring (bicyclic) bond motifs is 3. The van der Waals surface area contributed by atoms with Crippen molar-refractivity contribution >= 4 is 39.6 Å². The van der Waals surface area contributed by atoms with E-state index in [0.717, 1.165) is 34.4 Å². The molecular weight excluding hydrogens is 292 g/mol. The van der Waals surface area contributed by atoms with Crippen molar-refractivity contribution in [3.63, 3.8) is 0 Å². The predicted octanol–water partition coefficient (Wildman–Crippen LogP) is 4.30. The Hall–Kier alpha value is -2.33.